The predicted octanol–water partition coefficient (Wildman–Crippen LogP) is 7.40. The third-order valence-corrected chi connectivity index (χ3v) is 7.26. The minimum atomic E-state index is -0.728. The van der Waals surface area contributed by atoms with Crippen molar-refractivity contribution < 1.29 is 9.59 Å². The van der Waals surface area contributed by atoms with E-state index in [0.717, 1.165) is 24.0 Å². The van der Waals surface area contributed by atoms with Crippen LogP contribution in [-0.4, -0.2) is 29.3 Å². The Morgan fingerprint density at radius 2 is 1.42 bits per heavy atom. The lowest BCUT2D eigenvalue weighted by atomic mass is 10.0. The van der Waals surface area contributed by atoms with Gasteiger partial charge in [0.1, 0.15) is 6.04 Å². The molecular formula is C28H28Cl4N2O2. The standard InChI is InChI=1S/C28H28Cl4N2O2/c1-2-3-13-33-28(36)26(16-19-7-5-4-6-8-19)34(18-21-10-12-23(30)25(32)15-21)27(35)17-20-9-11-22(29)24(31)14-20/h4-12,14-15,26H,2-3,13,16-18H2,1H3,(H,33,36)/t26-/m0/s1. The van der Waals surface area contributed by atoms with Crippen molar-refractivity contribution in [2.24, 2.45) is 0 Å². The molecule has 36 heavy (non-hydrogen) atoms. The van der Waals surface area contributed by atoms with Gasteiger partial charge in [-0.25, -0.2) is 0 Å². The first-order valence-corrected chi connectivity index (χ1v) is 13.3. The second-order valence-corrected chi connectivity index (χ2v) is 10.2. The van der Waals surface area contributed by atoms with E-state index in [1.807, 2.05) is 36.4 Å². The molecule has 0 bridgehead atoms. The fourth-order valence-corrected chi connectivity index (χ4v) is 4.46. The molecule has 190 valence electrons. The average molecular weight is 566 g/mol. The molecule has 0 saturated heterocycles. The summed E-state index contributed by atoms with van der Waals surface area (Å²) in [6, 6.07) is 19.2. The molecule has 0 aliphatic rings. The molecule has 0 fully saturated rings. The second-order valence-electron chi connectivity index (χ2n) is 8.55. The first-order chi connectivity index (χ1) is 17.3. The van der Waals surface area contributed by atoms with E-state index in [2.05, 4.69) is 12.2 Å². The number of carbonyl (C=O) groups excluding carboxylic acids is 2. The van der Waals surface area contributed by atoms with E-state index in [-0.39, 0.29) is 24.8 Å². The molecule has 0 aliphatic heterocycles. The van der Waals surface area contributed by atoms with Crippen molar-refractivity contribution in [3.05, 3.63) is 104 Å². The van der Waals surface area contributed by atoms with Gasteiger partial charge in [0.15, 0.2) is 0 Å². The molecule has 0 aliphatic carbocycles. The summed E-state index contributed by atoms with van der Waals surface area (Å²) in [5.74, 6) is -0.416. The molecule has 3 rings (SSSR count). The number of amides is 2. The normalized spacial score (nSPS) is 11.7. The SMILES string of the molecule is CCCCNC(=O)[C@H](Cc1ccccc1)N(Cc1ccc(Cl)c(Cl)c1)C(=O)Cc1ccc(Cl)c(Cl)c1. The van der Waals surface area contributed by atoms with Crippen molar-refractivity contribution in [3.8, 4) is 0 Å². The maximum atomic E-state index is 13.7. The molecule has 0 radical (unpaired) electrons. The Hall–Kier alpha value is -2.24. The summed E-state index contributed by atoms with van der Waals surface area (Å²) in [5.41, 5.74) is 2.43. The molecule has 0 heterocycles. The lowest BCUT2D eigenvalue weighted by Gasteiger charge is -2.32. The Morgan fingerprint density at radius 1 is 0.806 bits per heavy atom. The summed E-state index contributed by atoms with van der Waals surface area (Å²) in [6.45, 7) is 2.79. The van der Waals surface area contributed by atoms with Crippen molar-refractivity contribution in [3.63, 3.8) is 0 Å². The van der Waals surface area contributed by atoms with Gasteiger partial charge in [0.25, 0.3) is 0 Å². The topological polar surface area (TPSA) is 49.4 Å². The number of hydrogen-bond donors (Lipinski definition) is 1. The summed E-state index contributed by atoms with van der Waals surface area (Å²) in [4.78, 5) is 28.8. The van der Waals surface area contributed by atoms with E-state index in [1.54, 1.807) is 35.2 Å². The van der Waals surface area contributed by atoms with Gasteiger partial charge in [0.2, 0.25) is 11.8 Å². The van der Waals surface area contributed by atoms with Gasteiger partial charge in [-0.2, -0.15) is 0 Å². The summed E-state index contributed by atoms with van der Waals surface area (Å²) >= 11 is 24.6. The van der Waals surface area contributed by atoms with Gasteiger partial charge in [-0.15, -0.1) is 0 Å². The van der Waals surface area contributed by atoms with Crippen LogP contribution in [0.1, 0.15) is 36.5 Å². The maximum Gasteiger partial charge on any atom is 0.243 e. The third kappa shape index (κ3) is 8.14. The van der Waals surface area contributed by atoms with Crippen LogP contribution in [0.15, 0.2) is 66.7 Å². The molecule has 4 nitrogen and oxygen atoms in total. The first kappa shape index (κ1) is 28.3. The number of nitrogens with one attached hydrogen (secondary N) is 1. The zero-order valence-electron chi connectivity index (χ0n) is 19.9. The Bertz CT molecular complexity index is 1190. The minimum Gasteiger partial charge on any atom is -0.354 e. The monoisotopic (exact) mass is 564 g/mol. The van der Waals surface area contributed by atoms with E-state index in [1.165, 1.54) is 0 Å². The Balaban J connectivity index is 1.97. The zero-order valence-corrected chi connectivity index (χ0v) is 23.0. The van der Waals surface area contributed by atoms with E-state index < -0.39 is 6.04 Å². The minimum absolute atomic E-state index is 0.0613. The highest BCUT2D eigenvalue weighted by Gasteiger charge is 2.30. The van der Waals surface area contributed by atoms with Crippen molar-refractivity contribution >= 4 is 58.2 Å². The van der Waals surface area contributed by atoms with Crippen molar-refractivity contribution in [2.45, 2.75) is 45.2 Å². The molecule has 8 heteroatoms. The first-order valence-electron chi connectivity index (χ1n) is 11.8. The van der Waals surface area contributed by atoms with Crippen LogP contribution in [0, 0.1) is 0 Å². The molecule has 1 N–H and O–H groups in total. The Kier molecular flexibility index (Phi) is 10.9. The summed E-state index contributed by atoms with van der Waals surface area (Å²) < 4.78 is 0. The molecule has 0 saturated carbocycles. The molecule has 0 aromatic heterocycles. The number of nitrogens with zero attached hydrogens (tertiary/aromatic N) is 1. The van der Waals surface area contributed by atoms with Crippen molar-refractivity contribution in [2.75, 3.05) is 6.54 Å². The van der Waals surface area contributed by atoms with Gasteiger partial charge in [0, 0.05) is 19.5 Å². The van der Waals surface area contributed by atoms with E-state index in [0.29, 0.717) is 38.6 Å². The third-order valence-electron chi connectivity index (χ3n) is 5.78. The van der Waals surface area contributed by atoms with Gasteiger partial charge in [-0.05, 0) is 47.4 Å². The van der Waals surface area contributed by atoms with Crippen LogP contribution < -0.4 is 5.32 Å². The van der Waals surface area contributed by atoms with Gasteiger partial charge in [-0.1, -0.05) is 102 Å². The van der Waals surface area contributed by atoms with Gasteiger partial charge in [-0.3, -0.25) is 9.59 Å². The summed E-state index contributed by atoms with van der Waals surface area (Å²) in [7, 11) is 0. The van der Waals surface area contributed by atoms with Gasteiger partial charge >= 0.3 is 0 Å². The van der Waals surface area contributed by atoms with Gasteiger partial charge < -0.3 is 10.2 Å². The van der Waals surface area contributed by atoms with Crippen molar-refractivity contribution in [1.82, 2.24) is 10.2 Å². The number of rotatable bonds is 11. The fraction of sp³-hybridized carbons (Fsp3) is 0.286. The van der Waals surface area contributed by atoms with E-state index in [4.69, 9.17) is 46.4 Å². The largest absolute Gasteiger partial charge is 0.354 e. The molecule has 1 atom stereocenters. The van der Waals surface area contributed by atoms with Crippen LogP contribution in [-0.2, 0) is 29.0 Å². The quantitative estimate of drug-likeness (QED) is 0.246. The molecule has 2 amide bonds. The smallest absolute Gasteiger partial charge is 0.243 e. The molecule has 0 spiro atoms. The summed E-state index contributed by atoms with van der Waals surface area (Å²) in [5, 5.41) is 4.60. The van der Waals surface area contributed by atoms with Crippen LogP contribution in [0.5, 0.6) is 0 Å². The molecule has 3 aromatic rings. The fourth-order valence-electron chi connectivity index (χ4n) is 3.82. The predicted molar refractivity (Wildman–Crippen MR) is 149 cm³/mol. The van der Waals surface area contributed by atoms with Gasteiger partial charge in [0.05, 0.1) is 26.5 Å². The van der Waals surface area contributed by atoms with Crippen LogP contribution in [0.3, 0.4) is 0 Å². The lowest BCUT2D eigenvalue weighted by Crippen LogP contribution is -2.51. The Labute approximate surface area is 232 Å². The highest BCUT2D eigenvalue weighted by Crippen LogP contribution is 2.26. The molecule has 0 unspecified atom stereocenters. The number of carbonyl (C=O) groups is 2. The molecule has 3 aromatic carbocycles. The maximum absolute atomic E-state index is 13.7. The second kappa shape index (κ2) is 13.9. The molecular weight excluding hydrogens is 538 g/mol. The zero-order chi connectivity index (χ0) is 26.1. The number of hydrogen-bond acceptors (Lipinski definition) is 2. The van der Waals surface area contributed by atoms with Crippen molar-refractivity contribution in [1.29, 1.82) is 0 Å². The van der Waals surface area contributed by atoms with Crippen LogP contribution in [0.2, 0.25) is 20.1 Å². The number of halogens is 4. The average Bonchev–Trinajstić information content (AvgIpc) is 2.86. The lowest BCUT2D eigenvalue weighted by molar-refractivity contribution is -0.140. The van der Waals surface area contributed by atoms with Crippen LogP contribution in [0.25, 0.3) is 0 Å². The van der Waals surface area contributed by atoms with E-state index in [9.17, 15) is 9.59 Å². The van der Waals surface area contributed by atoms with Crippen LogP contribution in [0.4, 0.5) is 0 Å². The van der Waals surface area contributed by atoms with Crippen LogP contribution >= 0.6 is 46.4 Å². The highest BCUT2D eigenvalue weighted by molar-refractivity contribution is 6.42. The Morgan fingerprint density at radius 3 is 2.03 bits per heavy atom. The summed E-state index contributed by atoms with van der Waals surface area (Å²) in [6.07, 6.45) is 2.24. The number of unbranched alkanes of at least 4 members (excludes halogenated alkanes) is 1. The highest BCUT2D eigenvalue weighted by atomic mass is 35.5. The van der Waals surface area contributed by atoms with E-state index >= 15 is 0 Å². The number of benzene rings is 3.